The Labute approximate surface area is 196 Å². The molecule has 0 amide bonds. The normalized spacial score (nSPS) is 19.9. The van der Waals surface area contributed by atoms with Gasteiger partial charge < -0.3 is 5.11 Å². The van der Waals surface area contributed by atoms with Crippen molar-refractivity contribution in [2.75, 3.05) is 6.54 Å². The van der Waals surface area contributed by atoms with Gasteiger partial charge in [-0.1, -0.05) is 54.3 Å². The van der Waals surface area contributed by atoms with Crippen LogP contribution in [0.2, 0.25) is 5.02 Å². The van der Waals surface area contributed by atoms with E-state index in [0.29, 0.717) is 35.5 Å². The van der Waals surface area contributed by atoms with Crippen LogP contribution >= 0.6 is 11.6 Å². The van der Waals surface area contributed by atoms with Crippen LogP contribution in [0.15, 0.2) is 60.7 Å². The van der Waals surface area contributed by atoms with E-state index in [0.717, 1.165) is 17.7 Å². The zero-order valence-electron chi connectivity index (χ0n) is 18.2. The van der Waals surface area contributed by atoms with Gasteiger partial charge in [-0.3, -0.25) is 9.69 Å². The van der Waals surface area contributed by atoms with Crippen molar-refractivity contribution >= 4 is 17.6 Å². The molecule has 3 rings (SSSR count). The molecule has 1 fully saturated rings. The summed E-state index contributed by atoms with van der Waals surface area (Å²) in [6.45, 7) is 6.21. The molecule has 7 heteroatoms. The first kappa shape index (κ1) is 24.9. The van der Waals surface area contributed by atoms with Crippen molar-refractivity contribution in [2.45, 2.75) is 44.4 Å². The first-order valence-electron chi connectivity index (χ1n) is 10.6. The van der Waals surface area contributed by atoms with Gasteiger partial charge in [0.1, 0.15) is 0 Å². The molecule has 0 saturated carbocycles. The monoisotopic (exact) mass is 475 g/mol. The fourth-order valence-corrected chi connectivity index (χ4v) is 4.34. The average molecular weight is 476 g/mol. The Morgan fingerprint density at radius 2 is 1.85 bits per heavy atom. The van der Waals surface area contributed by atoms with Crippen molar-refractivity contribution < 1.29 is 23.1 Å². The minimum absolute atomic E-state index is 0.0219. The molecule has 174 valence electrons. The second-order valence-corrected chi connectivity index (χ2v) is 8.80. The highest BCUT2D eigenvalue weighted by molar-refractivity contribution is 6.30. The van der Waals surface area contributed by atoms with E-state index >= 15 is 0 Å². The summed E-state index contributed by atoms with van der Waals surface area (Å²) in [5.74, 6) is 5.33. The number of carboxylic acids is 1. The van der Waals surface area contributed by atoms with E-state index < -0.39 is 17.7 Å². The molecule has 0 bridgehead atoms. The lowest BCUT2D eigenvalue weighted by molar-refractivity contribution is -0.139. The van der Waals surface area contributed by atoms with Gasteiger partial charge in [-0.15, -0.1) is 0 Å². The number of hydrogen-bond donors (Lipinski definition) is 1. The van der Waals surface area contributed by atoms with Crippen LogP contribution in [0.1, 0.15) is 55.0 Å². The third kappa shape index (κ3) is 6.63. The third-order valence-electron chi connectivity index (χ3n) is 5.78. The number of hydrogen-bond acceptors (Lipinski definition) is 2. The zero-order chi connectivity index (χ0) is 24.2. The van der Waals surface area contributed by atoms with Gasteiger partial charge in [0.2, 0.25) is 0 Å². The van der Waals surface area contributed by atoms with Crippen LogP contribution in [0, 0.1) is 17.8 Å². The van der Waals surface area contributed by atoms with E-state index in [4.69, 9.17) is 11.6 Å². The zero-order valence-corrected chi connectivity index (χ0v) is 19.0. The van der Waals surface area contributed by atoms with Gasteiger partial charge in [-0.25, -0.2) is 0 Å². The second kappa shape index (κ2) is 10.5. The lowest BCUT2D eigenvalue weighted by Crippen LogP contribution is -2.39. The summed E-state index contributed by atoms with van der Waals surface area (Å²) in [6.07, 6.45) is -3.23. The van der Waals surface area contributed by atoms with Gasteiger partial charge in [0.25, 0.3) is 0 Å². The van der Waals surface area contributed by atoms with Crippen LogP contribution in [0.5, 0.6) is 0 Å². The number of nitrogens with zero attached hydrogens (tertiary/aromatic N) is 1. The van der Waals surface area contributed by atoms with E-state index in [1.165, 1.54) is 12.1 Å². The molecule has 3 nitrogen and oxygen atoms in total. The molecule has 0 aromatic heterocycles. The third-order valence-corrected chi connectivity index (χ3v) is 6.03. The molecule has 1 saturated heterocycles. The SMILES string of the molecule is C=C(C)C#C[C@@H](c1ccc(Cl)cc1)N1CC[C@H](CC(=O)O)C[C@@H]1c1ccc(C(F)(F)F)cc1. The summed E-state index contributed by atoms with van der Waals surface area (Å²) in [4.78, 5) is 13.5. The maximum atomic E-state index is 13.1. The van der Waals surface area contributed by atoms with Crippen LogP contribution in [-0.4, -0.2) is 22.5 Å². The molecular weight excluding hydrogens is 451 g/mol. The Balaban J connectivity index is 2.02. The van der Waals surface area contributed by atoms with Gasteiger partial charge in [0.15, 0.2) is 0 Å². The van der Waals surface area contributed by atoms with Gasteiger partial charge in [-0.05, 0) is 66.6 Å². The number of halogens is 4. The van der Waals surface area contributed by atoms with E-state index in [1.807, 2.05) is 12.1 Å². The molecule has 3 atom stereocenters. The fraction of sp³-hybridized carbons (Fsp3) is 0.346. The van der Waals surface area contributed by atoms with Crippen molar-refractivity contribution in [1.29, 1.82) is 0 Å². The summed E-state index contributed by atoms with van der Waals surface area (Å²) in [6, 6.07) is 11.8. The Bertz CT molecular complexity index is 1050. The number of likely N-dealkylation sites (tertiary alicyclic amines) is 1. The highest BCUT2D eigenvalue weighted by Crippen LogP contribution is 2.41. The number of carboxylic acid groups (broad SMARTS) is 1. The van der Waals surface area contributed by atoms with E-state index in [1.54, 1.807) is 19.1 Å². The molecule has 2 aromatic carbocycles. The number of aliphatic carboxylic acids is 1. The van der Waals surface area contributed by atoms with Gasteiger partial charge in [-0.2, -0.15) is 13.2 Å². The van der Waals surface area contributed by atoms with Crippen LogP contribution in [0.25, 0.3) is 0 Å². The maximum absolute atomic E-state index is 13.1. The largest absolute Gasteiger partial charge is 0.481 e. The van der Waals surface area contributed by atoms with Crippen molar-refractivity contribution in [2.24, 2.45) is 5.92 Å². The highest BCUT2D eigenvalue weighted by Gasteiger charge is 2.36. The number of allylic oxidation sites excluding steroid dienone is 1. The number of carbonyl (C=O) groups is 1. The van der Waals surface area contributed by atoms with Crippen LogP contribution in [0.4, 0.5) is 13.2 Å². The van der Waals surface area contributed by atoms with E-state index in [2.05, 4.69) is 23.3 Å². The number of benzene rings is 2. The topological polar surface area (TPSA) is 40.5 Å². The molecule has 0 radical (unpaired) electrons. The second-order valence-electron chi connectivity index (χ2n) is 8.37. The Kier molecular flexibility index (Phi) is 7.88. The van der Waals surface area contributed by atoms with Crippen LogP contribution in [-0.2, 0) is 11.0 Å². The van der Waals surface area contributed by atoms with Gasteiger partial charge in [0, 0.05) is 24.0 Å². The van der Waals surface area contributed by atoms with E-state index in [9.17, 15) is 23.1 Å². The Morgan fingerprint density at radius 1 is 1.21 bits per heavy atom. The summed E-state index contributed by atoms with van der Waals surface area (Å²) in [7, 11) is 0. The molecular formula is C26H25ClF3NO2. The van der Waals surface area contributed by atoms with Crippen LogP contribution in [0.3, 0.4) is 0 Å². The Morgan fingerprint density at radius 3 is 2.39 bits per heavy atom. The molecule has 2 aromatic rings. The van der Waals surface area contributed by atoms with Crippen molar-refractivity contribution in [3.05, 3.63) is 82.4 Å². The summed E-state index contributed by atoms with van der Waals surface area (Å²) in [5.41, 5.74) is 1.59. The lowest BCUT2D eigenvalue weighted by Gasteiger charge is -2.42. The number of alkyl halides is 3. The van der Waals surface area contributed by atoms with Crippen molar-refractivity contribution in [1.82, 2.24) is 4.90 Å². The molecule has 1 heterocycles. The predicted octanol–water partition coefficient (Wildman–Crippen LogP) is 6.91. The van der Waals surface area contributed by atoms with Gasteiger partial charge in [0.05, 0.1) is 11.6 Å². The fourth-order valence-electron chi connectivity index (χ4n) is 4.21. The Hall–Kier alpha value is -2.75. The van der Waals surface area contributed by atoms with Crippen molar-refractivity contribution in [3.8, 4) is 11.8 Å². The van der Waals surface area contributed by atoms with Gasteiger partial charge >= 0.3 is 12.1 Å². The highest BCUT2D eigenvalue weighted by atomic mass is 35.5. The molecule has 0 spiro atoms. The number of rotatable bonds is 5. The minimum Gasteiger partial charge on any atom is -0.481 e. The molecule has 1 aliphatic heterocycles. The molecule has 1 aliphatic rings. The molecule has 1 N–H and O–H groups in total. The summed E-state index contributed by atoms with van der Waals surface area (Å²) < 4.78 is 39.3. The lowest BCUT2D eigenvalue weighted by atomic mass is 9.83. The molecule has 33 heavy (non-hydrogen) atoms. The first-order valence-corrected chi connectivity index (χ1v) is 11.0. The standard InChI is InChI=1S/C26H25ClF3NO2/c1-17(2)3-12-23(19-6-10-22(27)11-7-19)31-14-13-18(16-25(32)33)15-24(31)20-4-8-21(9-5-20)26(28,29)30/h4-11,18,23-24H,1,13-16H2,2H3,(H,32,33)/t18-,23-,24+/m0/s1. The minimum atomic E-state index is -4.42. The van der Waals surface area contributed by atoms with Crippen molar-refractivity contribution in [3.63, 3.8) is 0 Å². The molecule has 0 aliphatic carbocycles. The first-order chi connectivity index (χ1) is 15.5. The number of piperidine rings is 1. The van der Waals surface area contributed by atoms with E-state index in [-0.39, 0.29) is 24.4 Å². The summed E-state index contributed by atoms with van der Waals surface area (Å²) in [5, 5.41) is 9.88. The average Bonchev–Trinajstić information content (AvgIpc) is 2.74. The summed E-state index contributed by atoms with van der Waals surface area (Å²) >= 11 is 6.06. The smallest absolute Gasteiger partial charge is 0.416 e. The quantitative estimate of drug-likeness (QED) is 0.478. The maximum Gasteiger partial charge on any atom is 0.416 e. The van der Waals surface area contributed by atoms with Crippen LogP contribution < -0.4 is 0 Å². The predicted molar refractivity (Wildman–Crippen MR) is 123 cm³/mol. The molecule has 0 unspecified atom stereocenters.